The zero-order valence-electron chi connectivity index (χ0n) is 13.0. The summed E-state index contributed by atoms with van der Waals surface area (Å²) < 4.78 is 13.8. The van der Waals surface area contributed by atoms with Crippen LogP contribution in [0.25, 0.3) is 0 Å². The number of benzene rings is 1. The third-order valence-corrected chi connectivity index (χ3v) is 5.98. The van der Waals surface area contributed by atoms with Gasteiger partial charge in [-0.05, 0) is 24.5 Å². The van der Waals surface area contributed by atoms with Crippen molar-refractivity contribution in [2.24, 2.45) is 0 Å². The summed E-state index contributed by atoms with van der Waals surface area (Å²) in [5, 5.41) is 11.7. The Hall–Kier alpha value is -1.28. The Morgan fingerprint density at radius 3 is 2.70 bits per heavy atom. The van der Waals surface area contributed by atoms with Gasteiger partial charge in [-0.25, -0.2) is 0 Å². The summed E-state index contributed by atoms with van der Waals surface area (Å²) >= 11 is 0.481. The van der Waals surface area contributed by atoms with Crippen LogP contribution in [-0.2, 0) is 11.4 Å². The summed E-state index contributed by atoms with van der Waals surface area (Å²) in [6.45, 7) is 7.95. The minimum Gasteiger partial charge on any atom is -0.598 e. The van der Waals surface area contributed by atoms with E-state index in [1.165, 1.54) is 6.07 Å². The molecule has 5 nitrogen and oxygen atoms in total. The largest absolute Gasteiger partial charge is 0.598 e. The summed E-state index contributed by atoms with van der Waals surface area (Å²) in [5.41, 5.74) is 0.815. The number of nitro groups is 1. The molecule has 1 unspecified atom stereocenters. The molecule has 0 heterocycles. The molecular formula is C16H20N2O3S2. The number of nitro benzene ring substituents is 1. The molecule has 1 aromatic carbocycles. The van der Waals surface area contributed by atoms with Crippen molar-refractivity contribution in [3.8, 4) is 0 Å². The number of non-ortho nitro benzene ring substituents is 1. The fourth-order valence-corrected chi connectivity index (χ4v) is 4.29. The number of rotatable bonds is 9. The average molecular weight is 352 g/mol. The van der Waals surface area contributed by atoms with Gasteiger partial charge in [0.2, 0.25) is 0 Å². The molecule has 1 fully saturated rings. The Balaban J connectivity index is 2.45. The average Bonchev–Trinajstić information content (AvgIpc) is 3.32. The molecule has 0 spiro atoms. The summed E-state index contributed by atoms with van der Waals surface area (Å²) in [6.07, 6.45) is 7.26. The van der Waals surface area contributed by atoms with E-state index in [0.717, 1.165) is 23.3 Å². The lowest BCUT2D eigenvalue weighted by molar-refractivity contribution is -0.385. The van der Waals surface area contributed by atoms with Crippen LogP contribution in [-0.4, -0.2) is 31.8 Å². The zero-order chi connectivity index (χ0) is 17.0. The van der Waals surface area contributed by atoms with Crippen LogP contribution in [0.5, 0.6) is 0 Å². The molecule has 0 aliphatic heterocycles. The van der Waals surface area contributed by atoms with Crippen molar-refractivity contribution < 1.29 is 9.48 Å². The van der Waals surface area contributed by atoms with E-state index in [9.17, 15) is 14.7 Å². The molecule has 23 heavy (non-hydrogen) atoms. The van der Waals surface area contributed by atoms with Crippen molar-refractivity contribution in [1.82, 2.24) is 4.31 Å². The number of nitrogens with zero attached hydrogens (tertiary/aromatic N) is 2. The van der Waals surface area contributed by atoms with Crippen LogP contribution < -0.4 is 0 Å². The Morgan fingerprint density at radius 2 is 2.22 bits per heavy atom. The summed E-state index contributed by atoms with van der Waals surface area (Å²) in [5.74, 6) is 0. The lowest BCUT2D eigenvalue weighted by Crippen LogP contribution is -2.33. The predicted octanol–water partition coefficient (Wildman–Crippen LogP) is 3.86. The molecule has 1 aliphatic rings. The topological polar surface area (TPSA) is 69.4 Å². The van der Waals surface area contributed by atoms with Gasteiger partial charge in [-0.1, -0.05) is 12.2 Å². The monoisotopic (exact) mass is 352 g/mol. The first-order valence-corrected chi connectivity index (χ1v) is 9.66. The maximum absolute atomic E-state index is 12.1. The van der Waals surface area contributed by atoms with Gasteiger partial charge in [0, 0.05) is 33.6 Å². The standard InChI is InChI=1S/C16H20N2O3S2/c1-4-10-17(23(3)21)15(5-2)14-11-12(18(19)20)6-9-16(14)22-13-7-8-13/h4-6,9,11,13,15H,1-2,7-8,10H2,3H3/t15?,23-/m0/s1. The molecule has 2 atom stereocenters. The maximum Gasteiger partial charge on any atom is 0.269 e. The van der Waals surface area contributed by atoms with Crippen LogP contribution in [0.4, 0.5) is 5.69 Å². The van der Waals surface area contributed by atoms with E-state index < -0.39 is 16.3 Å². The van der Waals surface area contributed by atoms with Gasteiger partial charge >= 0.3 is 0 Å². The van der Waals surface area contributed by atoms with E-state index in [1.54, 1.807) is 46.6 Å². The van der Waals surface area contributed by atoms with Crippen LogP contribution >= 0.6 is 11.8 Å². The predicted molar refractivity (Wildman–Crippen MR) is 95.9 cm³/mol. The van der Waals surface area contributed by atoms with Crippen LogP contribution in [0, 0.1) is 10.1 Å². The van der Waals surface area contributed by atoms with Crippen molar-refractivity contribution in [2.45, 2.75) is 29.0 Å². The second-order valence-electron chi connectivity index (χ2n) is 5.29. The highest BCUT2D eigenvalue weighted by molar-refractivity contribution is 8.00. The SMILES string of the molecule is C=CCN(C(C=C)c1cc([N+](=O)[O-])ccc1SC1CC1)[S@+](C)[O-]. The van der Waals surface area contributed by atoms with E-state index in [0.29, 0.717) is 11.8 Å². The van der Waals surface area contributed by atoms with E-state index in [4.69, 9.17) is 0 Å². The lowest BCUT2D eigenvalue weighted by Gasteiger charge is -2.28. The van der Waals surface area contributed by atoms with Crippen LogP contribution in [0.15, 0.2) is 48.4 Å². The molecule has 0 bridgehead atoms. The van der Waals surface area contributed by atoms with Crippen molar-refractivity contribution in [3.05, 3.63) is 59.2 Å². The zero-order valence-corrected chi connectivity index (χ0v) is 14.6. The smallest absolute Gasteiger partial charge is 0.269 e. The van der Waals surface area contributed by atoms with Crippen molar-refractivity contribution in [2.75, 3.05) is 12.8 Å². The second-order valence-corrected chi connectivity index (χ2v) is 7.95. The molecule has 1 saturated carbocycles. The minimum absolute atomic E-state index is 0.0347. The van der Waals surface area contributed by atoms with E-state index in [1.807, 2.05) is 0 Å². The fraction of sp³-hybridized carbons (Fsp3) is 0.375. The minimum atomic E-state index is -1.24. The van der Waals surface area contributed by atoms with E-state index in [-0.39, 0.29) is 11.7 Å². The third-order valence-electron chi connectivity index (χ3n) is 3.51. The third kappa shape index (κ3) is 4.60. The Morgan fingerprint density at radius 1 is 1.52 bits per heavy atom. The molecule has 1 aromatic rings. The van der Waals surface area contributed by atoms with Crippen LogP contribution in [0.3, 0.4) is 0 Å². The van der Waals surface area contributed by atoms with Crippen LogP contribution in [0.2, 0.25) is 0 Å². The van der Waals surface area contributed by atoms with Gasteiger partial charge in [-0.15, -0.1) is 29.2 Å². The summed E-state index contributed by atoms with van der Waals surface area (Å²) in [6, 6.07) is 4.52. The van der Waals surface area contributed by atoms with Gasteiger partial charge in [-0.3, -0.25) is 10.1 Å². The number of hydrogen-bond acceptors (Lipinski definition) is 5. The first kappa shape index (κ1) is 18.1. The van der Waals surface area contributed by atoms with Gasteiger partial charge in [0.1, 0.15) is 6.26 Å². The summed E-state index contributed by atoms with van der Waals surface area (Å²) in [4.78, 5) is 11.7. The van der Waals surface area contributed by atoms with Gasteiger partial charge in [0.25, 0.3) is 5.69 Å². The molecule has 7 heteroatoms. The Bertz CT molecular complexity index is 603. The number of thioether (sulfide) groups is 1. The Labute approximate surface area is 143 Å². The molecule has 2 rings (SSSR count). The van der Waals surface area contributed by atoms with E-state index >= 15 is 0 Å². The fourth-order valence-electron chi connectivity index (χ4n) is 2.26. The normalized spacial score (nSPS) is 16.8. The number of hydrogen-bond donors (Lipinski definition) is 0. The molecule has 0 saturated heterocycles. The Kier molecular flexibility index (Phi) is 6.29. The lowest BCUT2D eigenvalue weighted by atomic mass is 10.1. The first-order chi connectivity index (χ1) is 11.0. The quantitative estimate of drug-likeness (QED) is 0.292. The van der Waals surface area contributed by atoms with Gasteiger partial charge in [0.15, 0.2) is 0 Å². The second kappa shape index (κ2) is 8.01. The van der Waals surface area contributed by atoms with Gasteiger partial charge in [-0.2, -0.15) is 0 Å². The maximum atomic E-state index is 12.1. The van der Waals surface area contributed by atoms with Crippen molar-refractivity contribution in [1.29, 1.82) is 0 Å². The van der Waals surface area contributed by atoms with Gasteiger partial charge in [0.05, 0.1) is 17.5 Å². The molecule has 124 valence electrons. The summed E-state index contributed by atoms with van der Waals surface area (Å²) in [7, 11) is 0. The van der Waals surface area contributed by atoms with Crippen LogP contribution in [0.1, 0.15) is 24.4 Å². The van der Waals surface area contributed by atoms with Crippen molar-refractivity contribution in [3.63, 3.8) is 0 Å². The van der Waals surface area contributed by atoms with Gasteiger partial charge < -0.3 is 4.55 Å². The molecule has 0 aromatic heterocycles. The highest BCUT2D eigenvalue weighted by atomic mass is 32.2. The highest BCUT2D eigenvalue weighted by Crippen LogP contribution is 2.43. The molecular weight excluding hydrogens is 332 g/mol. The molecule has 0 N–H and O–H groups in total. The van der Waals surface area contributed by atoms with Crippen molar-refractivity contribution >= 4 is 28.8 Å². The molecule has 0 amide bonds. The highest BCUT2D eigenvalue weighted by Gasteiger charge is 2.30. The molecule has 1 aliphatic carbocycles. The first-order valence-electron chi connectivity index (χ1n) is 7.26. The van der Waals surface area contributed by atoms with E-state index in [2.05, 4.69) is 13.2 Å². The molecule has 0 radical (unpaired) electrons.